The van der Waals surface area contributed by atoms with Crippen molar-refractivity contribution >= 4 is 23.1 Å². The summed E-state index contributed by atoms with van der Waals surface area (Å²) < 4.78 is 24.6. The SMILES string of the molecule is CC(C)Oc1ccc(NC2=C(c3ccc(F)cc3)C(=O)N(CCCN3CCOCC3)C2=O)cc1. The minimum atomic E-state index is -0.404. The number of benzene rings is 2. The Morgan fingerprint density at radius 1 is 0.971 bits per heavy atom. The molecule has 2 aliphatic heterocycles. The normalized spacial score (nSPS) is 17.1. The Hall–Kier alpha value is -3.23. The monoisotopic (exact) mass is 467 g/mol. The maximum absolute atomic E-state index is 13.5. The Morgan fingerprint density at radius 2 is 1.65 bits per heavy atom. The van der Waals surface area contributed by atoms with Crippen molar-refractivity contribution in [1.82, 2.24) is 9.80 Å². The summed E-state index contributed by atoms with van der Waals surface area (Å²) >= 11 is 0. The number of rotatable bonds is 9. The van der Waals surface area contributed by atoms with E-state index in [0.717, 1.165) is 19.6 Å². The molecule has 180 valence electrons. The molecule has 1 N–H and O–H groups in total. The van der Waals surface area contributed by atoms with Crippen molar-refractivity contribution in [2.24, 2.45) is 0 Å². The zero-order valence-electron chi connectivity index (χ0n) is 19.6. The van der Waals surface area contributed by atoms with Gasteiger partial charge in [-0.15, -0.1) is 0 Å². The summed E-state index contributed by atoms with van der Waals surface area (Å²) in [6.45, 7) is 8.09. The molecule has 0 unspecified atom stereocenters. The van der Waals surface area contributed by atoms with Gasteiger partial charge in [0.15, 0.2) is 0 Å². The summed E-state index contributed by atoms with van der Waals surface area (Å²) in [7, 11) is 0. The molecule has 0 aliphatic carbocycles. The highest BCUT2D eigenvalue weighted by Gasteiger charge is 2.39. The van der Waals surface area contributed by atoms with Crippen LogP contribution in [0.4, 0.5) is 10.1 Å². The van der Waals surface area contributed by atoms with E-state index in [4.69, 9.17) is 9.47 Å². The van der Waals surface area contributed by atoms with Crippen molar-refractivity contribution in [3.05, 3.63) is 65.6 Å². The second kappa shape index (κ2) is 10.8. The zero-order valence-corrected chi connectivity index (χ0v) is 19.6. The summed E-state index contributed by atoms with van der Waals surface area (Å²) in [5, 5.41) is 3.13. The van der Waals surface area contributed by atoms with Crippen LogP contribution in [0.5, 0.6) is 5.75 Å². The lowest BCUT2D eigenvalue weighted by Gasteiger charge is -2.27. The number of imide groups is 1. The molecule has 4 rings (SSSR count). The van der Waals surface area contributed by atoms with E-state index in [9.17, 15) is 14.0 Å². The second-order valence-corrected chi connectivity index (χ2v) is 8.64. The predicted octanol–water partition coefficient (Wildman–Crippen LogP) is 3.53. The third kappa shape index (κ3) is 5.63. The minimum Gasteiger partial charge on any atom is -0.491 e. The van der Waals surface area contributed by atoms with Crippen molar-refractivity contribution in [3.63, 3.8) is 0 Å². The van der Waals surface area contributed by atoms with Crippen molar-refractivity contribution in [3.8, 4) is 5.75 Å². The van der Waals surface area contributed by atoms with Gasteiger partial charge >= 0.3 is 0 Å². The molecule has 2 aromatic carbocycles. The van der Waals surface area contributed by atoms with E-state index in [1.54, 1.807) is 12.1 Å². The molecule has 8 heteroatoms. The fourth-order valence-corrected chi connectivity index (χ4v) is 4.09. The van der Waals surface area contributed by atoms with Crippen molar-refractivity contribution in [1.29, 1.82) is 0 Å². The molecular formula is C26H30FN3O4. The molecule has 0 radical (unpaired) electrons. The number of nitrogens with one attached hydrogen (secondary N) is 1. The second-order valence-electron chi connectivity index (χ2n) is 8.64. The topological polar surface area (TPSA) is 71.1 Å². The summed E-state index contributed by atoms with van der Waals surface area (Å²) in [6.07, 6.45) is 0.717. The van der Waals surface area contributed by atoms with Crippen LogP contribution in [0.25, 0.3) is 5.57 Å². The highest BCUT2D eigenvalue weighted by Crippen LogP contribution is 2.31. The standard InChI is InChI=1S/C26H30FN3O4/c1-18(2)34-22-10-8-21(9-11-22)28-24-23(19-4-6-20(27)7-5-19)25(31)30(26(24)32)13-3-12-29-14-16-33-17-15-29/h4-11,18,28H,3,12-17H2,1-2H3. The number of hydrogen-bond acceptors (Lipinski definition) is 6. The van der Waals surface area contributed by atoms with Crippen LogP contribution in [0.15, 0.2) is 54.2 Å². The summed E-state index contributed by atoms with van der Waals surface area (Å²) in [5.74, 6) is -0.444. The molecule has 1 fully saturated rings. The summed E-state index contributed by atoms with van der Waals surface area (Å²) in [6, 6.07) is 12.8. The van der Waals surface area contributed by atoms with E-state index in [0.29, 0.717) is 43.2 Å². The van der Waals surface area contributed by atoms with Crippen LogP contribution in [0.3, 0.4) is 0 Å². The number of ether oxygens (including phenoxy) is 2. The van der Waals surface area contributed by atoms with E-state index in [1.165, 1.54) is 29.2 Å². The number of carbonyl (C=O) groups excluding carboxylic acids is 2. The van der Waals surface area contributed by atoms with Crippen LogP contribution in [0.2, 0.25) is 0 Å². The van der Waals surface area contributed by atoms with Crippen molar-refractivity contribution in [2.45, 2.75) is 26.4 Å². The first-order valence-electron chi connectivity index (χ1n) is 11.6. The Balaban J connectivity index is 1.53. The number of nitrogens with zero attached hydrogens (tertiary/aromatic N) is 2. The third-order valence-electron chi connectivity index (χ3n) is 5.76. The Kier molecular flexibility index (Phi) is 7.59. The average molecular weight is 468 g/mol. The number of morpholine rings is 1. The molecule has 2 aliphatic rings. The van der Waals surface area contributed by atoms with Crippen LogP contribution < -0.4 is 10.1 Å². The minimum absolute atomic E-state index is 0.0478. The lowest BCUT2D eigenvalue weighted by Crippen LogP contribution is -2.39. The molecule has 0 aromatic heterocycles. The Labute approximate surface area is 199 Å². The Bertz CT molecular complexity index is 1040. The lowest BCUT2D eigenvalue weighted by molar-refractivity contribution is -0.136. The van der Waals surface area contributed by atoms with Gasteiger partial charge in [-0.05, 0) is 62.2 Å². The maximum Gasteiger partial charge on any atom is 0.278 e. The van der Waals surface area contributed by atoms with Gasteiger partial charge in [-0.1, -0.05) is 12.1 Å². The number of halogens is 1. The zero-order chi connectivity index (χ0) is 24.1. The number of hydrogen-bond donors (Lipinski definition) is 1. The van der Waals surface area contributed by atoms with E-state index in [-0.39, 0.29) is 29.2 Å². The average Bonchev–Trinajstić information content (AvgIpc) is 3.05. The van der Waals surface area contributed by atoms with E-state index < -0.39 is 5.82 Å². The number of anilines is 1. The highest BCUT2D eigenvalue weighted by molar-refractivity contribution is 6.36. The quantitative estimate of drug-likeness (QED) is 0.569. The van der Waals surface area contributed by atoms with E-state index in [2.05, 4.69) is 10.2 Å². The Morgan fingerprint density at radius 3 is 2.29 bits per heavy atom. The van der Waals surface area contributed by atoms with Crippen molar-refractivity contribution < 1.29 is 23.5 Å². The highest BCUT2D eigenvalue weighted by atomic mass is 19.1. The fourth-order valence-electron chi connectivity index (χ4n) is 4.09. The van der Waals surface area contributed by atoms with Gasteiger partial charge < -0.3 is 14.8 Å². The van der Waals surface area contributed by atoms with Crippen molar-refractivity contribution in [2.75, 3.05) is 44.7 Å². The molecule has 0 saturated carbocycles. The van der Waals surface area contributed by atoms with E-state index in [1.807, 2.05) is 26.0 Å². The van der Waals surface area contributed by atoms with E-state index >= 15 is 0 Å². The number of carbonyl (C=O) groups is 2. The third-order valence-corrected chi connectivity index (χ3v) is 5.76. The molecule has 0 spiro atoms. The number of amides is 2. The predicted molar refractivity (Wildman–Crippen MR) is 128 cm³/mol. The lowest BCUT2D eigenvalue weighted by atomic mass is 10.0. The molecule has 7 nitrogen and oxygen atoms in total. The van der Waals surface area contributed by atoms with Crippen LogP contribution in [0, 0.1) is 5.82 Å². The molecule has 0 atom stereocenters. The van der Waals surface area contributed by atoms with Gasteiger partial charge in [-0.3, -0.25) is 19.4 Å². The van der Waals surface area contributed by atoms with Gasteiger partial charge in [0.1, 0.15) is 17.3 Å². The first kappa shape index (κ1) is 23.9. The molecule has 0 bridgehead atoms. The smallest absolute Gasteiger partial charge is 0.278 e. The first-order chi connectivity index (χ1) is 16.4. The first-order valence-corrected chi connectivity index (χ1v) is 11.6. The van der Waals surface area contributed by atoms with Gasteiger partial charge in [0.25, 0.3) is 11.8 Å². The summed E-state index contributed by atoms with van der Waals surface area (Å²) in [5.41, 5.74) is 1.60. The molecule has 2 heterocycles. The molecule has 2 amide bonds. The van der Waals surface area contributed by atoms with Crippen LogP contribution in [-0.2, 0) is 14.3 Å². The van der Waals surface area contributed by atoms with Crippen LogP contribution >= 0.6 is 0 Å². The maximum atomic E-state index is 13.5. The molecule has 1 saturated heterocycles. The molecule has 2 aromatic rings. The van der Waals surface area contributed by atoms with Gasteiger partial charge in [0, 0.05) is 31.9 Å². The molecular weight excluding hydrogens is 437 g/mol. The van der Waals surface area contributed by atoms with Crippen LogP contribution in [-0.4, -0.2) is 67.1 Å². The largest absolute Gasteiger partial charge is 0.491 e. The van der Waals surface area contributed by atoms with Crippen LogP contribution in [0.1, 0.15) is 25.8 Å². The molecule has 34 heavy (non-hydrogen) atoms. The van der Waals surface area contributed by atoms with Gasteiger partial charge in [-0.25, -0.2) is 4.39 Å². The van der Waals surface area contributed by atoms with Gasteiger partial charge in [-0.2, -0.15) is 0 Å². The summed E-state index contributed by atoms with van der Waals surface area (Å²) in [4.78, 5) is 30.2. The fraction of sp³-hybridized carbons (Fsp3) is 0.385. The van der Waals surface area contributed by atoms with Gasteiger partial charge in [0.2, 0.25) is 0 Å². The van der Waals surface area contributed by atoms with Gasteiger partial charge in [0.05, 0.1) is 24.9 Å².